The highest BCUT2D eigenvalue weighted by Crippen LogP contribution is 2.23. The van der Waals surface area contributed by atoms with Gasteiger partial charge in [-0.05, 0) is 43.2 Å². The molecule has 0 amide bonds. The lowest BCUT2D eigenvalue weighted by atomic mass is 10.1. The predicted octanol–water partition coefficient (Wildman–Crippen LogP) is 4.04. The van der Waals surface area contributed by atoms with E-state index in [0.717, 1.165) is 48.2 Å². The molecule has 0 bridgehead atoms. The molecule has 1 atom stereocenters. The number of hydrogen-bond acceptors (Lipinski definition) is 4. The number of aryl methyl sites for hydroxylation is 1. The molecule has 1 saturated heterocycles. The van der Waals surface area contributed by atoms with Gasteiger partial charge >= 0.3 is 0 Å². The van der Waals surface area contributed by atoms with Crippen LogP contribution in [0.2, 0.25) is 0 Å². The first-order valence-electron chi connectivity index (χ1n) is 10.2. The number of benzene rings is 2. The lowest BCUT2D eigenvalue weighted by Crippen LogP contribution is -2.37. The van der Waals surface area contributed by atoms with Gasteiger partial charge < -0.3 is 24.8 Å². The van der Waals surface area contributed by atoms with Crippen LogP contribution in [0.3, 0.4) is 0 Å². The molecular weight excluding hydrogens is 493 g/mol. The lowest BCUT2D eigenvalue weighted by Gasteiger charge is -2.18. The highest BCUT2D eigenvalue weighted by molar-refractivity contribution is 14.0. The quantitative estimate of drug-likeness (QED) is 0.310. The van der Waals surface area contributed by atoms with Crippen molar-refractivity contribution in [3.63, 3.8) is 0 Å². The summed E-state index contributed by atoms with van der Waals surface area (Å²) in [5.74, 6) is 2.52. The summed E-state index contributed by atoms with van der Waals surface area (Å²) in [5, 5.41) is 6.72. The van der Waals surface area contributed by atoms with E-state index in [1.807, 2.05) is 24.3 Å². The zero-order chi connectivity index (χ0) is 20.5. The SMILES string of the molecule is CCNC(=NCc1cccc(OC)c1)NCc1ccc(C)cc1OC1CCOC1.I. The van der Waals surface area contributed by atoms with Crippen LogP contribution in [0.1, 0.15) is 30.0 Å². The van der Waals surface area contributed by atoms with E-state index < -0.39 is 0 Å². The topological polar surface area (TPSA) is 64.1 Å². The van der Waals surface area contributed by atoms with Crippen molar-refractivity contribution in [1.82, 2.24) is 10.6 Å². The van der Waals surface area contributed by atoms with Crippen molar-refractivity contribution in [2.75, 3.05) is 26.9 Å². The molecule has 6 nitrogen and oxygen atoms in total. The third-order valence-corrected chi connectivity index (χ3v) is 4.75. The zero-order valence-corrected chi connectivity index (χ0v) is 20.3. The second-order valence-electron chi connectivity index (χ2n) is 7.11. The van der Waals surface area contributed by atoms with Gasteiger partial charge in [0.2, 0.25) is 0 Å². The van der Waals surface area contributed by atoms with Crippen LogP contribution in [0.4, 0.5) is 0 Å². The Bertz CT molecular complexity index is 823. The van der Waals surface area contributed by atoms with Crippen LogP contribution in [0.25, 0.3) is 0 Å². The van der Waals surface area contributed by atoms with Crippen LogP contribution in [-0.2, 0) is 17.8 Å². The minimum Gasteiger partial charge on any atom is -0.497 e. The van der Waals surface area contributed by atoms with Crippen molar-refractivity contribution in [1.29, 1.82) is 0 Å². The molecule has 1 heterocycles. The second kappa shape index (κ2) is 12.6. The maximum atomic E-state index is 6.20. The number of nitrogens with one attached hydrogen (secondary N) is 2. The van der Waals surface area contributed by atoms with Crippen LogP contribution in [0, 0.1) is 6.92 Å². The van der Waals surface area contributed by atoms with Gasteiger partial charge in [-0.2, -0.15) is 0 Å². The van der Waals surface area contributed by atoms with E-state index in [-0.39, 0.29) is 30.1 Å². The summed E-state index contributed by atoms with van der Waals surface area (Å²) in [6.07, 6.45) is 1.07. The van der Waals surface area contributed by atoms with Crippen molar-refractivity contribution in [2.45, 2.75) is 39.5 Å². The first-order valence-corrected chi connectivity index (χ1v) is 10.2. The fourth-order valence-electron chi connectivity index (χ4n) is 3.16. The molecule has 30 heavy (non-hydrogen) atoms. The smallest absolute Gasteiger partial charge is 0.191 e. The van der Waals surface area contributed by atoms with E-state index in [4.69, 9.17) is 19.2 Å². The Morgan fingerprint density at radius 3 is 2.80 bits per heavy atom. The summed E-state index contributed by atoms with van der Waals surface area (Å²) >= 11 is 0. The third-order valence-electron chi connectivity index (χ3n) is 4.75. The van der Waals surface area contributed by atoms with E-state index in [1.54, 1.807) is 7.11 Å². The molecule has 2 aromatic carbocycles. The number of rotatable bonds is 8. The number of methoxy groups -OCH3 is 1. The summed E-state index contributed by atoms with van der Waals surface area (Å²) in [6.45, 7) is 7.56. The Hall–Kier alpha value is -2.00. The van der Waals surface area contributed by atoms with Gasteiger partial charge in [0.25, 0.3) is 0 Å². The van der Waals surface area contributed by atoms with E-state index >= 15 is 0 Å². The van der Waals surface area contributed by atoms with E-state index in [0.29, 0.717) is 19.7 Å². The summed E-state index contributed by atoms with van der Waals surface area (Å²) in [5.41, 5.74) is 3.39. The zero-order valence-electron chi connectivity index (χ0n) is 17.9. The molecule has 7 heteroatoms. The van der Waals surface area contributed by atoms with Crippen LogP contribution < -0.4 is 20.1 Å². The van der Waals surface area contributed by atoms with E-state index in [9.17, 15) is 0 Å². The Kier molecular flexibility index (Phi) is 10.2. The molecule has 0 radical (unpaired) electrons. The van der Waals surface area contributed by atoms with Gasteiger partial charge in [-0.25, -0.2) is 4.99 Å². The Labute approximate surface area is 196 Å². The maximum absolute atomic E-state index is 6.20. The van der Waals surface area contributed by atoms with Gasteiger partial charge in [-0.15, -0.1) is 24.0 Å². The number of nitrogens with zero attached hydrogens (tertiary/aromatic N) is 1. The normalized spacial score (nSPS) is 16.0. The molecule has 0 aliphatic carbocycles. The summed E-state index contributed by atoms with van der Waals surface area (Å²) < 4.78 is 16.9. The molecular formula is C23H32IN3O3. The molecule has 0 saturated carbocycles. The van der Waals surface area contributed by atoms with Crippen molar-refractivity contribution in [3.8, 4) is 11.5 Å². The molecule has 164 valence electrons. The maximum Gasteiger partial charge on any atom is 0.191 e. The van der Waals surface area contributed by atoms with Gasteiger partial charge in [-0.1, -0.05) is 24.3 Å². The first kappa shape index (κ1) is 24.3. The van der Waals surface area contributed by atoms with Gasteiger partial charge in [0.1, 0.15) is 17.6 Å². The summed E-state index contributed by atoms with van der Waals surface area (Å²) in [4.78, 5) is 4.70. The molecule has 1 aliphatic heterocycles. The number of hydrogen-bond donors (Lipinski definition) is 2. The average molecular weight is 525 g/mol. The fourth-order valence-corrected chi connectivity index (χ4v) is 3.16. The number of guanidine groups is 1. The van der Waals surface area contributed by atoms with Crippen molar-refractivity contribution in [2.24, 2.45) is 4.99 Å². The molecule has 1 aliphatic rings. The average Bonchev–Trinajstić information content (AvgIpc) is 3.24. The largest absolute Gasteiger partial charge is 0.497 e. The molecule has 2 aromatic rings. The highest BCUT2D eigenvalue weighted by Gasteiger charge is 2.18. The van der Waals surface area contributed by atoms with Crippen molar-refractivity contribution >= 4 is 29.9 Å². The Morgan fingerprint density at radius 2 is 2.07 bits per heavy atom. The standard InChI is InChI=1S/C23H31N3O3.HI/c1-4-24-23(25-14-18-6-5-7-20(13-18)27-3)26-15-19-9-8-17(2)12-22(19)29-21-10-11-28-16-21;/h5-9,12-13,21H,4,10-11,14-16H2,1-3H3,(H2,24,25,26);1H. The highest BCUT2D eigenvalue weighted by atomic mass is 127. The minimum absolute atomic E-state index is 0. The van der Waals surface area contributed by atoms with Gasteiger partial charge in [0, 0.05) is 25.1 Å². The van der Waals surface area contributed by atoms with E-state index in [1.165, 1.54) is 5.56 Å². The molecule has 0 spiro atoms. The van der Waals surface area contributed by atoms with Crippen LogP contribution >= 0.6 is 24.0 Å². The van der Waals surface area contributed by atoms with Crippen LogP contribution in [0.5, 0.6) is 11.5 Å². The first-order chi connectivity index (χ1) is 14.2. The number of aliphatic imine (C=N–C) groups is 1. The molecule has 0 aromatic heterocycles. The molecule has 3 rings (SSSR count). The van der Waals surface area contributed by atoms with Gasteiger partial charge in [0.05, 0.1) is 26.9 Å². The van der Waals surface area contributed by atoms with Gasteiger partial charge in [-0.3, -0.25) is 0 Å². The summed E-state index contributed by atoms with van der Waals surface area (Å²) in [6, 6.07) is 14.3. The fraction of sp³-hybridized carbons (Fsp3) is 0.435. The third kappa shape index (κ3) is 7.36. The minimum atomic E-state index is 0. The lowest BCUT2D eigenvalue weighted by molar-refractivity contribution is 0.140. The van der Waals surface area contributed by atoms with Crippen LogP contribution in [-0.4, -0.2) is 38.9 Å². The van der Waals surface area contributed by atoms with E-state index in [2.05, 4.69) is 42.7 Å². The number of ether oxygens (including phenoxy) is 3. The number of halogens is 1. The molecule has 2 N–H and O–H groups in total. The molecule has 1 fully saturated rings. The van der Waals surface area contributed by atoms with Crippen molar-refractivity contribution < 1.29 is 14.2 Å². The Balaban J connectivity index is 0.00000320. The molecule has 1 unspecified atom stereocenters. The summed E-state index contributed by atoms with van der Waals surface area (Å²) in [7, 11) is 1.67. The Morgan fingerprint density at radius 1 is 1.20 bits per heavy atom. The van der Waals surface area contributed by atoms with Gasteiger partial charge in [0.15, 0.2) is 5.96 Å². The monoisotopic (exact) mass is 525 g/mol. The predicted molar refractivity (Wildman–Crippen MR) is 131 cm³/mol. The van der Waals surface area contributed by atoms with Crippen molar-refractivity contribution in [3.05, 3.63) is 59.2 Å². The second-order valence-corrected chi connectivity index (χ2v) is 7.11. The van der Waals surface area contributed by atoms with Crippen LogP contribution in [0.15, 0.2) is 47.5 Å².